The second-order valence-electron chi connectivity index (χ2n) is 3.15. The third kappa shape index (κ3) is 7.55. The molecule has 0 saturated carbocycles. The molecule has 0 radical (unpaired) electrons. The summed E-state index contributed by atoms with van der Waals surface area (Å²) in [6.07, 6.45) is 7.42. The van der Waals surface area contributed by atoms with E-state index in [0.717, 1.165) is 6.54 Å². The van der Waals surface area contributed by atoms with Gasteiger partial charge in [-0.05, 0) is 12.3 Å². The molecular formula is C11H20NO-. The quantitative estimate of drug-likeness (QED) is 0.283. The molecule has 0 rings (SSSR count). The van der Waals surface area contributed by atoms with Crippen molar-refractivity contribution in [1.29, 1.82) is 0 Å². The van der Waals surface area contributed by atoms with Gasteiger partial charge >= 0.3 is 0 Å². The normalized spacial score (nSPS) is 11.5. The highest BCUT2D eigenvalue weighted by atomic mass is 16.6. The van der Waals surface area contributed by atoms with Gasteiger partial charge in [0.1, 0.15) is 0 Å². The fourth-order valence-corrected chi connectivity index (χ4v) is 1.18. The molecule has 0 heterocycles. The largest absolute Gasteiger partial charge is 0.463 e. The van der Waals surface area contributed by atoms with Crippen molar-refractivity contribution in [1.82, 2.24) is 5.48 Å². The minimum atomic E-state index is 0.701. The minimum absolute atomic E-state index is 0.701. The Balaban J connectivity index is 3.39. The molecule has 1 N–H and O–H groups in total. The van der Waals surface area contributed by atoms with Gasteiger partial charge in [-0.3, -0.25) is 5.92 Å². The number of unbranched alkanes of at least 4 members (excludes halogenated alkanes) is 1. The van der Waals surface area contributed by atoms with Crippen LogP contribution in [-0.2, 0) is 4.84 Å². The molecule has 0 aromatic rings. The fourth-order valence-electron chi connectivity index (χ4n) is 1.18. The molecule has 0 aliphatic heterocycles. The van der Waals surface area contributed by atoms with Crippen molar-refractivity contribution in [2.45, 2.75) is 39.5 Å². The molecule has 0 bridgehead atoms. The molecule has 1 unspecified atom stereocenters. The smallest absolute Gasteiger partial charge is 0.0332 e. The third-order valence-electron chi connectivity index (χ3n) is 2.11. The van der Waals surface area contributed by atoms with Crippen molar-refractivity contribution in [2.75, 3.05) is 6.54 Å². The highest BCUT2D eigenvalue weighted by Gasteiger charge is 2.03. The molecule has 0 aromatic heterocycles. The maximum Gasteiger partial charge on any atom is 0.0332 e. The zero-order chi connectivity index (χ0) is 9.94. The monoisotopic (exact) mass is 182 g/mol. The first-order valence-corrected chi connectivity index (χ1v) is 5.00. The lowest BCUT2D eigenvalue weighted by atomic mass is 10.00. The number of hydrogen-bond donors (Lipinski definition) is 1. The Labute approximate surface area is 82.0 Å². The molecule has 0 fully saturated rings. The van der Waals surface area contributed by atoms with Crippen LogP contribution in [0, 0.1) is 24.9 Å². The van der Waals surface area contributed by atoms with Crippen molar-refractivity contribution in [3.05, 3.63) is 6.92 Å². The van der Waals surface area contributed by atoms with E-state index in [1.165, 1.54) is 25.7 Å². The summed E-state index contributed by atoms with van der Waals surface area (Å²) in [6.45, 7) is 8.64. The topological polar surface area (TPSA) is 21.3 Å². The molecule has 76 valence electrons. The lowest BCUT2D eigenvalue weighted by molar-refractivity contribution is 0.137. The van der Waals surface area contributed by atoms with Gasteiger partial charge in [0.05, 0.1) is 0 Å². The van der Waals surface area contributed by atoms with Gasteiger partial charge in [0.25, 0.3) is 0 Å². The lowest BCUT2D eigenvalue weighted by Crippen LogP contribution is -2.21. The van der Waals surface area contributed by atoms with Crippen molar-refractivity contribution < 1.29 is 4.84 Å². The van der Waals surface area contributed by atoms with Gasteiger partial charge in [-0.15, -0.1) is 6.11 Å². The molecule has 0 aromatic carbocycles. The summed E-state index contributed by atoms with van der Waals surface area (Å²) >= 11 is 0. The van der Waals surface area contributed by atoms with Crippen molar-refractivity contribution in [3.63, 3.8) is 0 Å². The van der Waals surface area contributed by atoms with E-state index in [2.05, 4.69) is 38.3 Å². The first-order valence-electron chi connectivity index (χ1n) is 5.00. The third-order valence-corrected chi connectivity index (χ3v) is 2.11. The second-order valence-corrected chi connectivity index (χ2v) is 3.15. The number of rotatable bonds is 7. The van der Waals surface area contributed by atoms with Crippen LogP contribution in [0.4, 0.5) is 0 Å². The van der Waals surface area contributed by atoms with Gasteiger partial charge in [-0.2, -0.15) is 12.4 Å². The molecule has 2 nitrogen and oxygen atoms in total. The molecule has 0 spiro atoms. The first kappa shape index (κ1) is 12.2. The molecular weight excluding hydrogens is 162 g/mol. The number of nitrogens with one attached hydrogen (secondary N) is 1. The summed E-state index contributed by atoms with van der Waals surface area (Å²) in [5, 5.41) is 0. The van der Waals surface area contributed by atoms with Crippen LogP contribution in [0.25, 0.3) is 0 Å². The summed E-state index contributed by atoms with van der Waals surface area (Å²) in [5.74, 6) is 3.12. The van der Waals surface area contributed by atoms with Crippen molar-refractivity contribution in [3.8, 4) is 12.0 Å². The van der Waals surface area contributed by atoms with Gasteiger partial charge in [0.2, 0.25) is 0 Å². The molecule has 1 atom stereocenters. The lowest BCUT2D eigenvalue weighted by Gasteiger charge is -2.14. The zero-order valence-corrected chi connectivity index (χ0v) is 8.73. The van der Waals surface area contributed by atoms with E-state index in [4.69, 9.17) is 4.84 Å². The molecule has 13 heavy (non-hydrogen) atoms. The van der Waals surface area contributed by atoms with Crippen LogP contribution >= 0.6 is 0 Å². The van der Waals surface area contributed by atoms with Crippen LogP contribution < -0.4 is 5.48 Å². The van der Waals surface area contributed by atoms with E-state index >= 15 is 0 Å². The van der Waals surface area contributed by atoms with Crippen LogP contribution in [0.2, 0.25) is 0 Å². The zero-order valence-electron chi connectivity index (χ0n) is 8.73. The van der Waals surface area contributed by atoms with Gasteiger partial charge in [-0.1, -0.05) is 33.1 Å². The number of hydroxylamine groups is 1. The van der Waals surface area contributed by atoms with E-state index in [9.17, 15) is 0 Å². The Hall–Kier alpha value is -0.810. The Morgan fingerprint density at radius 3 is 2.77 bits per heavy atom. The van der Waals surface area contributed by atoms with Gasteiger partial charge < -0.3 is 4.84 Å². The second kappa shape index (κ2) is 9.28. The first-order chi connectivity index (χ1) is 6.35. The molecule has 0 aliphatic rings. The Morgan fingerprint density at radius 1 is 1.46 bits per heavy atom. The SMILES string of the molecule is [CH2-]C#CONCC(CC)CCCC. The average molecular weight is 182 g/mol. The van der Waals surface area contributed by atoms with Crippen LogP contribution in [-0.4, -0.2) is 6.54 Å². The van der Waals surface area contributed by atoms with Gasteiger partial charge in [0, 0.05) is 6.54 Å². The van der Waals surface area contributed by atoms with E-state index in [0.29, 0.717) is 5.92 Å². The molecule has 2 heteroatoms. The van der Waals surface area contributed by atoms with Crippen LogP contribution in [0.5, 0.6) is 0 Å². The maximum absolute atomic E-state index is 4.82. The summed E-state index contributed by atoms with van der Waals surface area (Å²) in [4.78, 5) is 4.82. The van der Waals surface area contributed by atoms with E-state index in [-0.39, 0.29) is 0 Å². The molecule has 0 amide bonds. The van der Waals surface area contributed by atoms with Crippen LogP contribution in [0.1, 0.15) is 39.5 Å². The van der Waals surface area contributed by atoms with Crippen LogP contribution in [0.15, 0.2) is 0 Å². The van der Waals surface area contributed by atoms with Gasteiger partial charge in [-0.25, -0.2) is 0 Å². The van der Waals surface area contributed by atoms with E-state index in [1.54, 1.807) is 0 Å². The van der Waals surface area contributed by atoms with Crippen molar-refractivity contribution in [2.24, 2.45) is 5.92 Å². The predicted molar refractivity (Wildman–Crippen MR) is 55.5 cm³/mol. The Bertz CT molecular complexity index is 157. The molecule has 0 aliphatic carbocycles. The van der Waals surface area contributed by atoms with Gasteiger partial charge in [0.15, 0.2) is 0 Å². The Kier molecular flexibility index (Phi) is 8.70. The minimum Gasteiger partial charge on any atom is -0.463 e. The molecule has 0 saturated heterocycles. The highest BCUT2D eigenvalue weighted by molar-refractivity contribution is 4.93. The summed E-state index contributed by atoms with van der Waals surface area (Å²) in [5.41, 5.74) is 2.83. The highest BCUT2D eigenvalue weighted by Crippen LogP contribution is 2.10. The van der Waals surface area contributed by atoms with E-state index < -0.39 is 0 Å². The summed E-state index contributed by atoms with van der Waals surface area (Å²) in [6, 6.07) is 0. The summed E-state index contributed by atoms with van der Waals surface area (Å²) in [7, 11) is 0. The van der Waals surface area contributed by atoms with Crippen LogP contribution in [0.3, 0.4) is 0 Å². The average Bonchev–Trinajstić information content (AvgIpc) is 2.17. The number of hydrogen-bond acceptors (Lipinski definition) is 2. The standard InChI is InChI=1S/C11H20NO/c1-4-7-8-11(6-3)10-12-13-9-5-2/h11-12H,2,4,6-8,10H2,1,3H3/q-1. The summed E-state index contributed by atoms with van der Waals surface area (Å²) < 4.78 is 0. The maximum atomic E-state index is 4.82. The fraction of sp³-hybridized carbons (Fsp3) is 0.727. The predicted octanol–water partition coefficient (Wildman–Crippen LogP) is 2.52. The Morgan fingerprint density at radius 2 is 2.23 bits per heavy atom. The van der Waals surface area contributed by atoms with E-state index in [1.807, 2.05) is 0 Å². The van der Waals surface area contributed by atoms with Crippen molar-refractivity contribution >= 4 is 0 Å².